The van der Waals surface area contributed by atoms with E-state index in [1.54, 1.807) is 6.20 Å². The molecule has 0 unspecified atom stereocenters. The van der Waals surface area contributed by atoms with E-state index in [9.17, 15) is 0 Å². The Morgan fingerprint density at radius 3 is 2.92 bits per heavy atom. The predicted molar refractivity (Wildman–Crippen MR) is 47.6 cm³/mol. The second kappa shape index (κ2) is 3.38. The number of rotatable bonds is 2. The second-order valence-corrected chi connectivity index (χ2v) is 3.62. The van der Waals surface area contributed by atoms with Crippen molar-refractivity contribution in [3.63, 3.8) is 0 Å². The minimum Gasteiger partial charge on any atom is -0.458 e. The Hall–Kier alpha value is -1.03. The van der Waals surface area contributed by atoms with Crippen molar-refractivity contribution < 1.29 is 9.15 Å². The molecule has 0 radical (unpaired) electrons. The summed E-state index contributed by atoms with van der Waals surface area (Å²) in [6.45, 7) is 4.12. The average molecular weight is 182 g/mol. The molecule has 1 fully saturated rings. The maximum atomic E-state index is 5.71. The van der Waals surface area contributed by atoms with Crippen LogP contribution in [0.5, 0.6) is 5.95 Å². The van der Waals surface area contributed by atoms with E-state index < -0.39 is 0 Å². The normalized spacial score (nSPS) is 21.3. The SMILES string of the molecule is CC1(Oc2cnco2)CCNCC1. The Morgan fingerprint density at radius 2 is 2.31 bits per heavy atom. The lowest BCUT2D eigenvalue weighted by Crippen LogP contribution is -2.43. The first-order valence-electron chi connectivity index (χ1n) is 4.57. The van der Waals surface area contributed by atoms with E-state index in [0.29, 0.717) is 5.95 Å². The quantitative estimate of drug-likeness (QED) is 0.746. The lowest BCUT2D eigenvalue weighted by molar-refractivity contribution is 0.0318. The van der Waals surface area contributed by atoms with Gasteiger partial charge in [-0.2, -0.15) is 0 Å². The minimum atomic E-state index is -0.0925. The van der Waals surface area contributed by atoms with Gasteiger partial charge in [0.2, 0.25) is 0 Å². The van der Waals surface area contributed by atoms with Crippen LogP contribution in [0.25, 0.3) is 0 Å². The molecule has 1 N–H and O–H groups in total. The first-order chi connectivity index (χ1) is 6.29. The van der Waals surface area contributed by atoms with Crippen molar-refractivity contribution in [1.29, 1.82) is 0 Å². The number of hydrogen-bond donors (Lipinski definition) is 1. The average Bonchev–Trinajstić information content (AvgIpc) is 2.57. The zero-order valence-corrected chi connectivity index (χ0v) is 7.75. The molecule has 1 saturated heterocycles. The summed E-state index contributed by atoms with van der Waals surface area (Å²) in [6, 6.07) is 0. The Labute approximate surface area is 77.3 Å². The molecule has 2 rings (SSSR count). The number of oxazole rings is 1. The van der Waals surface area contributed by atoms with E-state index in [0.717, 1.165) is 25.9 Å². The molecular formula is C9H14N2O2. The van der Waals surface area contributed by atoms with Crippen molar-refractivity contribution in [1.82, 2.24) is 10.3 Å². The maximum absolute atomic E-state index is 5.71. The first kappa shape index (κ1) is 8.56. The number of hydrogen-bond acceptors (Lipinski definition) is 4. The van der Waals surface area contributed by atoms with E-state index in [1.165, 1.54) is 6.39 Å². The van der Waals surface area contributed by atoms with Gasteiger partial charge in [-0.15, -0.1) is 0 Å². The molecule has 4 nitrogen and oxygen atoms in total. The van der Waals surface area contributed by atoms with E-state index in [-0.39, 0.29) is 5.60 Å². The van der Waals surface area contributed by atoms with Crippen LogP contribution in [-0.2, 0) is 0 Å². The molecule has 0 amide bonds. The fourth-order valence-corrected chi connectivity index (χ4v) is 1.56. The molecule has 0 aliphatic carbocycles. The summed E-state index contributed by atoms with van der Waals surface area (Å²) in [6.07, 6.45) is 5.01. The summed E-state index contributed by atoms with van der Waals surface area (Å²) in [7, 11) is 0. The van der Waals surface area contributed by atoms with Crippen LogP contribution in [-0.4, -0.2) is 23.7 Å². The van der Waals surface area contributed by atoms with Crippen LogP contribution < -0.4 is 10.1 Å². The van der Waals surface area contributed by atoms with Gasteiger partial charge in [-0.3, -0.25) is 0 Å². The van der Waals surface area contributed by atoms with Crippen molar-refractivity contribution in [3.8, 4) is 5.95 Å². The van der Waals surface area contributed by atoms with Gasteiger partial charge < -0.3 is 14.5 Å². The number of aromatic nitrogens is 1. The highest BCUT2D eigenvalue weighted by molar-refractivity contribution is 4.99. The molecule has 1 aromatic rings. The van der Waals surface area contributed by atoms with E-state index in [4.69, 9.17) is 9.15 Å². The summed E-state index contributed by atoms with van der Waals surface area (Å²) >= 11 is 0. The van der Waals surface area contributed by atoms with Crippen molar-refractivity contribution in [2.45, 2.75) is 25.4 Å². The van der Waals surface area contributed by atoms with Crippen LogP contribution in [0.1, 0.15) is 19.8 Å². The molecule has 0 aromatic carbocycles. The second-order valence-electron chi connectivity index (χ2n) is 3.62. The van der Waals surface area contributed by atoms with Crippen LogP contribution in [0.2, 0.25) is 0 Å². The third kappa shape index (κ3) is 2.01. The number of ether oxygens (including phenoxy) is 1. The first-order valence-corrected chi connectivity index (χ1v) is 4.57. The highest BCUT2D eigenvalue weighted by atomic mass is 16.6. The largest absolute Gasteiger partial charge is 0.458 e. The molecule has 0 bridgehead atoms. The van der Waals surface area contributed by atoms with Crippen LogP contribution >= 0.6 is 0 Å². The lowest BCUT2D eigenvalue weighted by Gasteiger charge is -2.33. The predicted octanol–water partition coefficient (Wildman–Crippen LogP) is 1.20. The number of nitrogens with one attached hydrogen (secondary N) is 1. The fourth-order valence-electron chi connectivity index (χ4n) is 1.56. The van der Waals surface area contributed by atoms with Gasteiger partial charge in [-0.25, -0.2) is 4.98 Å². The van der Waals surface area contributed by atoms with Crippen LogP contribution in [0, 0.1) is 0 Å². The van der Waals surface area contributed by atoms with E-state index in [1.807, 2.05) is 0 Å². The van der Waals surface area contributed by atoms with E-state index in [2.05, 4.69) is 17.2 Å². The summed E-state index contributed by atoms with van der Waals surface area (Å²) in [5.41, 5.74) is -0.0925. The molecule has 0 atom stereocenters. The van der Waals surface area contributed by atoms with Crippen molar-refractivity contribution in [3.05, 3.63) is 12.6 Å². The van der Waals surface area contributed by atoms with Crippen molar-refractivity contribution in [2.75, 3.05) is 13.1 Å². The molecule has 0 saturated carbocycles. The van der Waals surface area contributed by atoms with Gasteiger partial charge in [-0.1, -0.05) is 0 Å². The standard InChI is InChI=1S/C9H14N2O2/c1-9(2-4-10-5-3-9)13-8-6-11-7-12-8/h6-7,10H,2-5H2,1H3. The summed E-state index contributed by atoms with van der Waals surface area (Å²) in [5.74, 6) is 0.518. The van der Waals surface area contributed by atoms with Crippen LogP contribution in [0.15, 0.2) is 17.0 Å². The van der Waals surface area contributed by atoms with Crippen molar-refractivity contribution >= 4 is 0 Å². The maximum Gasteiger partial charge on any atom is 0.305 e. The molecule has 0 spiro atoms. The van der Waals surface area contributed by atoms with Gasteiger partial charge in [-0.05, 0) is 32.9 Å². The Bertz CT molecular complexity index is 253. The van der Waals surface area contributed by atoms with Gasteiger partial charge in [0, 0.05) is 0 Å². The van der Waals surface area contributed by atoms with Gasteiger partial charge in [0.15, 0.2) is 6.39 Å². The number of piperidine rings is 1. The highest BCUT2D eigenvalue weighted by Gasteiger charge is 2.29. The van der Waals surface area contributed by atoms with Gasteiger partial charge >= 0.3 is 5.95 Å². The Balaban J connectivity index is 1.99. The lowest BCUT2D eigenvalue weighted by atomic mass is 9.95. The molecule has 4 heteroatoms. The zero-order valence-electron chi connectivity index (χ0n) is 7.75. The fraction of sp³-hybridized carbons (Fsp3) is 0.667. The smallest absolute Gasteiger partial charge is 0.305 e. The summed E-state index contributed by atoms with van der Waals surface area (Å²) in [4.78, 5) is 3.81. The highest BCUT2D eigenvalue weighted by Crippen LogP contribution is 2.25. The summed E-state index contributed by atoms with van der Waals surface area (Å²) < 4.78 is 10.8. The van der Waals surface area contributed by atoms with E-state index >= 15 is 0 Å². The monoisotopic (exact) mass is 182 g/mol. The zero-order chi connectivity index (χ0) is 9.15. The topological polar surface area (TPSA) is 47.3 Å². The van der Waals surface area contributed by atoms with Gasteiger partial charge in [0.05, 0.1) is 0 Å². The molecule has 2 heterocycles. The van der Waals surface area contributed by atoms with Gasteiger partial charge in [0.25, 0.3) is 0 Å². The molecule has 1 aromatic heterocycles. The van der Waals surface area contributed by atoms with Gasteiger partial charge in [0.1, 0.15) is 11.8 Å². The molecule has 13 heavy (non-hydrogen) atoms. The summed E-state index contributed by atoms with van der Waals surface area (Å²) in [5, 5.41) is 3.29. The van der Waals surface area contributed by atoms with Crippen molar-refractivity contribution in [2.24, 2.45) is 0 Å². The minimum absolute atomic E-state index is 0.0925. The molecule has 1 aliphatic rings. The third-order valence-corrected chi connectivity index (χ3v) is 2.42. The Kier molecular flexibility index (Phi) is 2.22. The third-order valence-electron chi connectivity index (χ3n) is 2.42. The molecule has 1 aliphatic heterocycles. The Morgan fingerprint density at radius 1 is 1.54 bits per heavy atom. The van der Waals surface area contributed by atoms with Crippen LogP contribution in [0.3, 0.4) is 0 Å². The number of nitrogens with zero attached hydrogens (tertiary/aromatic N) is 1. The molecule has 72 valence electrons. The van der Waals surface area contributed by atoms with Crippen LogP contribution in [0.4, 0.5) is 0 Å². The molecular weight excluding hydrogens is 168 g/mol.